The van der Waals surface area contributed by atoms with Gasteiger partial charge in [0.25, 0.3) is 0 Å². The molecule has 0 spiro atoms. The summed E-state index contributed by atoms with van der Waals surface area (Å²) in [7, 11) is 1.47. The van der Waals surface area contributed by atoms with Crippen LogP contribution in [0.4, 0.5) is 0 Å². The van der Waals surface area contributed by atoms with E-state index < -0.39 is 20.0 Å². The van der Waals surface area contributed by atoms with E-state index in [1.807, 2.05) is 33.3 Å². The highest BCUT2D eigenvalue weighted by Gasteiger charge is 2.30. The molecule has 0 aromatic rings. The van der Waals surface area contributed by atoms with E-state index >= 15 is 0 Å². The third-order valence-corrected chi connectivity index (χ3v) is 13.2. The van der Waals surface area contributed by atoms with Crippen LogP contribution in [-0.2, 0) is 27.9 Å². The number of quaternary nitrogens is 1. The minimum absolute atomic E-state index is 0.0336. The molecule has 2 N–H and O–H groups in total. The number of amides is 1. The molecule has 0 saturated heterocycles. The van der Waals surface area contributed by atoms with E-state index in [1.54, 1.807) is 0 Å². The molecule has 0 aliphatic heterocycles. The number of hydrogen-bond acceptors (Lipinski definition) is 6. The largest absolute Gasteiger partial charge is 0.472 e. The molecule has 0 radical (unpaired) electrons. The quantitative estimate of drug-likeness (QED) is 0.0205. The number of carbonyl (C=O) groups excluding carboxylic acids is 2. The number of nitrogens with one attached hydrogen (secondary N) is 1. The highest BCUT2D eigenvalue weighted by molar-refractivity contribution is 7.47. The molecule has 0 saturated carbocycles. The molecule has 68 heavy (non-hydrogen) atoms. The minimum Gasteiger partial charge on any atom is -0.456 e. The molecule has 0 aliphatic rings. The van der Waals surface area contributed by atoms with Crippen molar-refractivity contribution < 1.29 is 37.3 Å². The number of rotatable bonds is 50. The Kier molecular flexibility index (Phi) is 46.7. The van der Waals surface area contributed by atoms with Gasteiger partial charge in [0.15, 0.2) is 0 Å². The molecule has 9 nitrogen and oxygen atoms in total. The molecule has 3 atom stereocenters. The Labute approximate surface area is 420 Å². The zero-order chi connectivity index (χ0) is 50.1. The van der Waals surface area contributed by atoms with Crippen LogP contribution in [0.3, 0.4) is 0 Å². The molecule has 0 aliphatic carbocycles. The van der Waals surface area contributed by atoms with Crippen molar-refractivity contribution in [3.63, 3.8) is 0 Å². The smallest absolute Gasteiger partial charge is 0.456 e. The molecule has 10 heteroatoms. The summed E-state index contributed by atoms with van der Waals surface area (Å²) >= 11 is 0. The maximum absolute atomic E-state index is 13.5. The van der Waals surface area contributed by atoms with Gasteiger partial charge in [-0.3, -0.25) is 18.6 Å². The first-order valence-electron chi connectivity index (χ1n) is 28.1. The number of phosphoric acid groups is 1. The number of allylic oxidation sites excluding steroid dienone is 9. The molecule has 0 fully saturated rings. The van der Waals surface area contributed by atoms with Crippen LogP contribution < -0.4 is 5.32 Å². The molecule has 0 aromatic heterocycles. The Morgan fingerprint density at radius 2 is 0.941 bits per heavy atom. The van der Waals surface area contributed by atoms with E-state index in [9.17, 15) is 19.0 Å². The van der Waals surface area contributed by atoms with Crippen LogP contribution >= 0.6 is 7.82 Å². The van der Waals surface area contributed by atoms with Crippen LogP contribution in [0.5, 0.6) is 0 Å². The summed E-state index contributed by atoms with van der Waals surface area (Å²) in [5.74, 6) is -0.536. The zero-order valence-corrected chi connectivity index (χ0v) is 46.0. The molecular weight excluding hydrogens is 868 g/mol. The number of likely N-dealkylation sites (N-methyl/N-ethyl adjacent to an activating group) is 1. The standard InChI is InChI=1S/C58H107N2O7P/c1-7-10-13-16-19-22-25-27-29-30-31-33-36-39-42-45-48-51-58(62)67-56(49-46-43-40-37-34-24-21-18-15-12-9-3)55(54-66-68(63,64)65-53-52-60(4,5)6)59-57(61)50-47-44-41-38-35-32-28-26-23-20-17-14-11-8-2/h11,14,20,23,27-29,32,46,49,55-56H,7-10,12-13,15-19,21-22,24-26,30-31,33-45,47-48,50-54H2,1-6H3,(H-,59,61,63,64)/p+1/b14-11+,23-20+,29-27+,32-28+,49-46+. The van der Waals surface area contributed by atoms with Crippen molar-refractivity contribution in [1.82, 2.24) is 5.32 Å². The van der Waals surface area contributed by atoms with Gasteiger partial charge >= 0.3 is 13.8 Å². The average Bonchev–Trinajstić information content (AvgIpc) is 3.29. The first kappa shape index (κ1) is 65.7. The Morgan fingerprint density at radius 3 is 1.43 bits per heavy atom. The average molecular weight is 976 g/mol. The molecule has 0 heterocycles. The van der Waals surface area contributed by atoms with E-state index in [4.69, 9.17) is 13.8 Å². The molecule has 0 aromatic carbocycles. The summed E-state index contributed by atoms with van der Waals surface area (Å²) in [4.78, 5) is 37.5. The topological polar surface area (TPSA) is 111 Å². The lowest BCUT2D eigenvalue weighted by atomic mass is 10.1. The Balaban J connectivity index is 5.36. The van der Waals surface area contributed by atoms with Gasteiger partial charge in [0.05, 0.1) is 33.8 Å². The first-order valence-corrected chi connectivity index (χ1v) is 29.6. The fourth-order valence-corrected chi connectivity index (χ4v) is 8.57. The van der Waals surface area contributed by atoms with Crippen LogP contribution in [0.25, 0.3) is 0 Å². The van der Waals surface area contributed by atoms with E-state index in [2.05, 4.69) is 74.7 Å². The van der Waals surface area contributed by atoms with Gasteiger partial charge < -0.3 is 19.4 Å². The lowest BCUT2D eigenvalue weighted by Gasteiger charge is -2.27. The second kappa shape index (κ2) is 48.3. The number of hydrogen-bond donors (Lipinski definition) is 2. The number of esters is 1. The summed E-state index contributed by atoms with van der Waals surface area (Å²) in [5, 5.41) is 3.03. The molecule has 3 unspecified atom stereocenters. The maximum Gasteiger partial charge on any atom is 0.472 e. The number of ether oxygens (including phenoxy) is 1. The summed E-state index contributed by atoms with van der Waals surface area (Å²) in [6.07, 6.45) is 59.3. The third kappa shape index (κ3) is 48.7. The molecular formula is C58H108N2O7P+. The summed E-state index contributed by atoms with van der Waals surface area (Å²) in [5.41, 5.74) is 0. The minimum atomic E-state index is -4.45. The summed E-state index contributed by atoms with van der Waals surface area (Å²) in [6, 6.07) is -0.861. The Morgan fingerprint density at radius 1 is 0.529 bits per heavy atom. The van der Waals surface area contributed by atoms with E-state index in [-0.39, 0.29) is 31.5 Å². The number of phosphoric ester groups is 1. The lowest BCUT2D eigenvalue weighted by molar-refractivity contribution is -0.870. The fraction of sp³-hybridized carbons (Fsp3) is 0.793. The summed E-state index contributed by atoms with van der Waals surface area (Å²) < 4.78 is 30.5. The summed E-state index contributed by atoms with van der Waals surface area (Å²) in [6.45, 7) is 6.86. The monoisotopic (exact) mass is 976 g/mol. The predicted octanol–water partition coefficient (Wildman–Crippen LogP) is 16.7. The van der Waals surface area contributed by atoms with Crippen molar-refractivity contribution in [1.29, 1.82) is 0 Å². The van der Waals surface area contributed by atoms with E-state index in [0.29, 0.717) is 17.4 Å². The normalized spacial score (nSPS) is 14.3. The molecule has 0 rings (SSSR count). The molecule has 396 valence electrons. The number of unbranched alkanes of at least 4 members (excludes halogenated alkanes) is 26. The Bertz CT molecular complexity index is 1350. The van der Waals surface area contributed by atoms with Crippen LogP contribution in [0, 0.1) is 0 Å². The highest BCUT2D eigenvalue weighted by Crippen LogP contribution is 2.43. The zero-order valence-electron chi connectivity index (χ0n) is 45.1. The van der Waals surface area contributed by atoms with Gasteiger partial charge in [-0.05, 0) is 89.5 Å². The van der Waals surface area contributed by atoms with Crippen LogP contribution in [0.15, 0.2) is 60.8 Å². The van der Waals surface area contributed by atoms with Crippen molar-refractivity contribution in [3.8, 4) is 0 Å². The fourth-order valence-electron chi connectivity index (χ4n) is 7.83. The van der Waals surface area contributed by atoms with Crippen molar-refractivity contribution in [2.45, 2.75) is 258 Å². The second-order valence-corrected chi connectivity index (χ2v) is 21.5. The van der Waals surface area contributed by atoms with E-state index in [1.165, 1.54) is 109 Å². The van der Waals surface area contributed by atoms with Crippen molar-refractivity contribution in [3.05, 3.63) is 60.8 Å². The van der Waals surface area contributed by atoms with Gasteiger partial charge in [0.1, 0.15) is 19.3 Å². The Hall–Kier alpha value is -2.29. The first-order chi connectivity index (χ1) is 32.9. The van der Waals surface area contributed by atoms with Gasteiger partial charge in [-0.15, -0.1) is 0 Å². The van der Waals surface area contributed by atoms with Crippen molar-refractivity contribution in [2.24, 2.45) is 0 Å². The molecule has 0 bridgehead atoms. The highest BCUT2D eigenvalue weighted by atomic mass is 31.2. The van der Waals surface area contributed by atoms with Crippen molar-refractivity contribution in [2.75, 3.05) is 40.9 Å². The lowest BCUT2D eigenvalue weighted by Crippen LogP contribution is -2.47. The predicted molar refractivity (Wildman–Crippen MR) is 291 cm³/mol. The van der Waals surface area contributed by atoms with Gasteiger partial charge in [0, 0.05) is 12.8 Å². The number of carbonyl (C=O) groups is 2. The number of nitrogens with zero attached hydrogens (tertiary/aromatic N) is 1. The van der Waals surface area contributed by atoms with Gasteiger partial charge in [-0.25, -0.2) is 4.57 Å². The second-order valence-electron chi connectivity index (χ2n) is 20.1. The van der Waals surface area contributed by atoms with Crippen LogP contribution in [0.1, 0.15) is 245 Å². The van der Waals surface area contributed by atoms with Crippen LogP contribution in [-0.4, -0.2) is 74.3 Å². The third-order valence-electron chi connectivity index (χ3n) is 12.2. The SMILES string of the molecule is CC/C=C/C/C=C/C/C=C/CCCCCCC(=O)NC(COP(=O)(O)OCC[N+](C)(C)C)C(/C=C/CCCCCCCCCCC)OC(=O)CCCCCCCCC/C=C/CCCCCCCC. The van der Waals surface area contributed by atoms with Gasteiger partial charge in [-0.2, -0.15) is 0 Å². The van der Waals surface area contributed by atoms with Crippen LogP contribution in [0.2, 0.25) is 0 Å². The van der Waals surface area contributed by atoms with Gasteiger partial charge in [0.2, 0.25) is 5.91 Å². The maximum atomic E-state index is 13.5. The van der Waals surface area contributed by atoms with Crippen molar-refractivity contribution >= 4 is 19.7 Å². The molecule has 1 amide bonds. The van der Waals surface area contributed by atoms with E-state index in [0.717, 1.165) is 103 Å². The van der Waals surface area contributed by atoms with Gasteiger partial charge in [-0.1, -0.05) is 204 Å².